The van der Waals surface area contributed by atoms with Gasteiger partial charge < -0.3 is 19.7 Å². The van der Waals surface area contributed by atoms with E-state index in [-0.39, 0.29) is 11.4 Å². The zero-order valence-electron chi connectivity index (χ0n) is 21.9. The molecule has 6 rings (SSSR count). The predicted molar refractivity (Wildman–Crippen MR) is 150 cm³/mol. The van der Waals surface area contributed by atoms with Crippen molar-refractivity contribution in [2.24, 2.45) is 5.92 Å². The first-order chi connectivity index (χ1) is 18.7. The molecule has 1 aromatic carbocycles. The summed E-state index contributed by atoms with van der Waals surface area (Å²) in [5.74, 6) is 1.74. The number of halogens is 3. The molecule has 3 aromatic heterocycles. The van der Waals surface area contributed by atoms with E-state index in [4.69, 9.17) is 32.7 Å². The van der Waals surface area contributed by atoms with E-state index < -0.39 is 6.10 Å². The zero-order valence-corrected chi connectivity index (χ0v) is 23.4. The number of aromatic amines is 1. The number of pyridine rings is 2. The van der Waals surface area contributed by atoms with Crippen molar-refractivity contribution in [1.29, 1.82) is 0 Å². The van der Waals surface area contributed by atoms with E-state index in [1.54, 1.807) is 19.4 Å². The zero-order chi connectivity index (χ0) is 27.3. The van der Waals surface area contributed by atoms with Crippen LogP contribution in [0.3, 0.4) is 0 Å². The maximum absolute atomic E-state index is 15.3. The number of nitrogens with one attached hydrogen (secondary N) is 2. The maximum Gasteiger partial charge on any atom is 0.166 e. The van der Waals surface area contributed by atoms with Crippen molar-refractivity contribution in [2.45, 2.75) is 38.3 Å². The summed E-state index contributed by atoms with van der Waals surface area (Å²) >= 11 is 12.7. The van der Waals surface area contributed by atoms with Gasteiger partial charge in [-0.15, -0.1) is 0 Å². The van der Waals surface area contributed by atoms with Gasteiger partial charge in [-0.2, -0.15) is 5.10 Å². The number of benzene rings is 1. The molecule has 11 heteroatoms. The Balaban J connectivity index is 1.25. The monoisotopic (exact) mass is 570 g/mol. The number of hydrogen-bond acceptors (Lipinski definition) is 7. The molecular formula is C28H29Cl2FN6O2. The van der Waals surface area contributed by atoms with Gasteiger partial charge in [0.15, 0.2) is 23.1 Å². The van der Waals surface area contributed by atoms with E-state index in [1.807, 2.05) is 17.9 Å². The van der Waals surface area contributed by atoms with Gasteiger partial charge >= 0.3 is 0 Å². The summed E-state index contributed by atoms with van der Waals surface area (Å²) < 4.78 is 27.1. The second-order valence-electron chi connectivity index (χ2n) is 10.7. The van der Waals surface area contributed by atoms with Crippen LogP contribution in [0.2, 0.25) is 10.0 Å². The molecule has 39 heavy (non-hydrogen) atoms. The van der Waals surface area contributed by atoms with Crippen LogP contribution in [-0.4, -0.2) is 52.4 Å². The van der Waals surface area contributed by atoms with Crippen molar-refractivity contribution >= 4 is 39.9 Å². The summed E-state index contributed by atoms with van der Waals surface area (Å²) in [6.45, 7) is 6.49. The van der Waals surface area contributed by atoms with Gasteiger partial charge in [-0.1, -0.05) is 23.2 Å². The molecule has 2 fully saturated rings. The molecule has 1 aliphatic heterocycles. The Hall–Kier alpha value is -3.14. The molecule has 1 saturated heterocycles. The van der Waals surface area contributed by atoms with Crippen molar-refractivity contribution in [3.63, 3.8) is 0 Å². The summed E-state index contributed by atoms with van der Waals surface area (Å²) in [6.07, 6.45) is 6.82. The number of rotatable bonds is 9. The van der Waals surface area contributed by atoms with E-state index in [9.17, 15) is 0 Å². The number of methoxy groups -OCH3 is 1. The molecule has 4 heterocycles. The Morgan fingerprint density at radius 2 is 1.90 bits per heavy atom. The van der Waals surface area contributed by atoms with Crippen LogP contribution >= 0.6 is 23.2 Å². The fourth-order valence-electron chi connectivity index (χ4n) is 5.12. The third-order valence-electron chi connectivity index (χ3n) is 7.44. The van der Waals surface area contributed by atoms with Gasteiger partial charge in [-0.05, 0) is 51.3 Å². The summed E-state index contributed by atoms with van der Waals surface area (Å²) in [7, 11) is 1.56. The Morgan fingerprint density at radius 1 is 1.15 bits per heavy atom. The summed E-state index contributed by atoms with van der Waals surface area (Å²) in [5, 5.41) is 12.6. The third kappa shape index (κ3) is 5.11. The fourth-order valence-corrected chi connectivity index (χ4v) is 5.79. The fraction of sp³-hybridized carbons (Fsp3) is 0.393. The second-order valence-corrected chi connectivity index (χ2v) is 11.5. The molecule has 4 aromatic rings. The van der Waals surface area contributed by atoms with Crippen LogP contribution in [0.15, 0.2) is 36.8 Å². The van der Waals surface area contributed by atoms with E-state index in [0.717, 1.165) is 30.9 Å². The van der Waals surface area contributed by atoms with Gasteiger partial charge in [0.1, 0.15) is 11.8 Å². The van der Waals surface area contributed by atoms with Crippen molar-refractivity contribution in [1.82, 2.24) is 25.5 Å². The van der Waals surface area contributed by atoms with Crippen LogP contribution in [0.5, 0.6) is 11.5 Å². The highest BCUT2D eigenvalue weighted by atomic mass is 35.5. The number of anilines is 1. The minimum atomic E-state index is -0.492. The Morgan fingerprint density at radius 3 is 2.56 bits per heavy atom. The quantitative estimate of drug-likeness (QED) is 0.248. The first kappa shape index (κ1) is 26.1. The first-order valence-electron chi connectivity index (χ1n) is 12.9. The third-order valence-corrected chi connectivity index (χ3v) is 8.04. The number of hydrogen-bond donors (Lipinski definition) is 2. The molecule has 1 aliphatic carbocycles. The van der Waals surface area contributed by atoms with Gasteiger partial charge in [0.2, 0.25) is 0 Å². The highest BCUT2D eigenvalue weighted by Crippen LogP contribution is 2.40. The van der Waals surface area contributed by atoms with Crippen LogP contribution < -0.4 is 19.7 Å². The van der Waals surface area contributed by atoms with Crippen LogP contribution in [0.4, 0.5) is 10.2 Å². The molecule has 8 nitrogen and oxygen atoms in total. The van der Waals surface area contributed by atoms with Crippen LogP contribution in [0.25, 0.3) is 22.2 Å². The SMILES string of the molecule is COc1cc2[nH]nc(-c3cnc(N4CC(C)(NCC5CC5)C4)c(F)c3)c2cc1O[C@H](C)c1c(Cl)cncc1Cl. The molecular weight excluding hydrogens is 542 g/mol. The Labute approximate surface area is 235 Å². The van der Waals surface area contributed by atoms with Crippen LogP contribution in [0.1, 0.15) is 38.4 Å². The average molecular weight is 571 g/mol. The number of H-pyrrole nitrogens is 1. The Kier molecular flexibility index (Phi) is 6.77. The number of aromatic nitrogens is 4. The lowest BCUT2D eigenvalue weighted by Gasteiger charge is -2.49. The molecule has 0 spiro atoms. The van der Waals surface area contributed by atoms with Gasteiger partial charge in [0.25, 0.3) is 0 Å². The lowest BCUT2D eigenvalue weighted by atomic mass is 9.92. The van der Waals surface area contributed by atoms with Crippen LogP contribution in [-0.2, 0) is 0 Å². The number of nitrogens with zero attached hydrogens (tertiary/aromatic N) is 4. The molecule has 1 atom stereocenters. The van der Waals surface area contributed by atoms with Gasteiger partial charge in [-0.3, -0.25) is 10.1 Å². The average Bonchev–Trinajstić information content (AvgIpc) is 3.63. The molecule has 204 valence electrons. The highest BCUT2D eigenvalue weighted by molar-refractivity contribution is 6.35. The molecule has 0 bridgehead atoms. The largest absolute Gasteiger partial charge is 0.493 e. The number of ether oxygens (including phenoxy) is 2. The molecule has 0 unspecified atom stereocenters. The lowest BCUT2D eigenvalue weighted by molar-refractivity contribution is 0.216. The van der Waals surface area contributed by atoms with Crippen LogP contribution in [0, 0.1) is 11.7 Å². The van der Waals surface area contributed by atoms with Crippen molar-refractivity contribution in [2.75, 3.05) is 31.6 Å². The van der Waals surface area contributed by atoms with Gasteiger partial charge in [-0.25, -0.2) is 9.37 Å². The maximum atomic E-state index is 15.3. The first-order valence-corrected chi connectivity index (χ1v) is 13.7. The van der Waals surface area contributed by atoms with Gasteiger partial charge in [0.05, 0.1) is 28.2 Å². The minimum absolute atomic E-state index is 0.00884. The van der Waals surface area contributed by atoms with E-state index in [2.05, 4.69) is 32.4 Å². The molecule has 2 N–H and O–H groups in total. The normalized spacial score (nSPS) is 17.2. The van der Waals surface area contributed by atoms with E-state index >= 15 is 4.39 Å². The summed E-state index contributed by atoms with van der Waals surface area (Å²) in [4.78, 5) is 10.4. The molecule has 2 aliphatic rings. The number of fused-ring (bicyclic) bond motifs is 1. The topological polar surface area (TPSA) is 88.2 Å². The van der Waals surface area contributed by atoms with Crippen molar-refractivity contribution in [3.05, 3.63) is 58.2 Å². The summed E-state index contributed by atoms with van der Waals surface area (Å²) in [5.41, 5.74) is 2.44. The molecule has 1 saturated carbocycles. The van der Waals surface area contributed by atoms with E-state index in [0.29, 0.717) is 49.7 Å². The van der Waals surface area contributed by atoms with Crippen molar-refractivity contribution < 1.29 is 13.9 Å². The smallest absolute Gasteiger partial charge is 0.166 e. The lowest BCUT2D eigenvalue weighted by Crippen LogP contribution is -2.68. The summed E-state index contributed by atoms with van der Waals surface area (Å²) in [6, 6.07) is 5.08. The second kappa shape index (κ2) is 10.1. The highest BCUT2D eigenvalue weighted by Gasteiger charge is 2.41. The molecule has 0 amide bonds. The standard InChI is InChI=1S/C28H29Cl2FN6O2/c1-15(25-19(29)11-32-12-20(25)30)39-24-7-18-22(8-23(24)38-3)35-36-26(18)17-6-21(31)27(33-10-17)37-13-28(2,14-37)34-9-16-4-5-16/h6-8,10-12,15-16,34H,4-5,9,13-14H2,1-3H3,(H,35,36)/t15-/m1/s1. The van der Waals surface area contributed by atoms with Gasteiger partial charge in [0, 0.05) is 54.3 Å². The predicted octanol–water partition coefficient (Wildman–Crippen LogP) is 6.19. The Bertz CT molecular complexity index is 1520. The minimum Gasteiger partial charge on any atom is -0.493 e. The molecule has 0 radical (unpaired) electrons. The van der Waals surface area contributed by atoms with E-state index in [1.165, 1.54) is 31.3 Å². The van der Waals surface area contributed by atoms with Crippen molar-refractivity contribution in [3.8, 4) is 22.8 Å².